The van der Waals surface area contributed by atoms with Gasteiger partial charge in [0.15, 0.2) is 0 Å². The van der Waals surface area contributed by atoms with E-state index >= 15 is 0 Å². The van der Waals surface area contributed by atoms with Crippen molar-refractivity contribution in [3.05, 3.63) is 12.4 Å². The lowest BCUT2D eigenvalue weighted by Gasteiger charge is -2.27. The number of rotatable bonds is 7. The number of anilines is 2. The Hall–Kier alpha value is -1.36. The molecule has 0 saturated heterocycles. The van der Waals surface area contributed by atoms with Gasteiger partial charge in [0, 0.05) is 31.7 Å². The van der Waals surface area contributed by atoms with E-state index in [1.165, 1.54) is 0 Å². The van der Waals surface area contributed by atoms with Gasteiger partial charge < -0.3 is 15.5 Å². The van der Waals surface area contributed by atoms with E-state index in [0.717, 1.165) is 24.7 Å². The van der Waals surface area contributed by atoms with E-state index in [1.54, 1.807) is 6.33 Å². The fraction of sp³-hybridized carbons (Fsp3) is 0.714. The Kier molecular flexibility index (Phi) is 5.54. The highest BCUT2D eigenvalue weighted by Gasteiger charge is 2.17. The highest BCUT2D eigenvalue weighted by Crippen LogP contribution is 2.17. The summed E-state index contributed by atoms with van der Waals surface area (Å²) in [6.45, 7) is 10.5. The van der Waals surface area contributed by atoms with E-state index < -0.39 is 0 Å². The van der Waals surface area contributed by atoms with E-state index in [2.05, 4.69) is 60.2 Å². The SMILES string of the molecule is CNCC(C)(C)Nc1cc(N(C)CC(C)C)ncn1. The summed E-state index contributed by atoms with van der Waals surface area (Å²) >= 11 is 0. The summed E-state index contributed by atoms with van der Waals surface area (Å²) in [6, 6.07) is 2.00. The van der Waals surface area contributed by atoms with Crippen LogP contribution in [0.3, 0.4) is 0 Å². The molecule has 0 aromatic carbocycles. The normalized spacial score (nSPS) is 11.7. The lowest BCUT2D eigenvalue weighted by molar-refractivity contribution is 0.528. The maximum absolute atomic E-state index is 4.33. The maximum atomic E-state index is 4.33. The average Bonchev–Trinajstić information content (AvgIpc) is 2.27. The number of hydrogen-bond donors (Lipinski definition) is 2. The van der Waals surface area contributed by atoms with Crippen LogP contribution in [0.5, 0.6) is 0 Å². The molecule has 2 N–H and O–H groups in total. The van der Waals surface area contributed by atoms with Gasteiger partial charge in [0.05, 0.1) is 0 Å². The Labute approximate surface area is 116 Å². The third kappa shape index (κ3) is 5.42. The monoisotopic (exact) mass is 265 g/mol. The Morgan fingerprint density at radius 1 is 1.32 bits per heavy atom. The lowest BCUT2D eigenvalue weighted by atomic mass is 10.1. The molecule has 0 unspecified atom stereocenters. The molecule has 0 aliphatic heterocycles. The molecule has 0 fully saturated rings. The molecule has 0 bridgehead atoms. The predicted molar refractivity (Wildman–Crippen MR) is 81.8 cm³/mol. The largest absolute Gasteiger partial charge is 0.364 e. The van der Waals surface area contributed by atoms with Crippen LogP contribution in [0.4, 0.5) is 11.6 Å². The van der Waals surface area contributed by atoms with E-state index in [1.807, 2.05) is 13.1 Å². The van der Waals surface area contributed by atoms with Gasteiger partial charge >= 0.3 is 0 Å². The van der Waals surface area contributed by atoms with Gasteiger partial charge in [0.25, 0.3) is 0 Å². The van der Waals surface area contributed by atoms with Crippen LogP contribution < -0.4 is 15.5 Å². The summed E-state index contributed by atoms with van der Waals surface area (Å²) < 4.78 is 0. The van der Waals surface area contributed by atoms with Crippen LogP contribution in [0.2, 0.25) is 0 Å². The molecular weight excluding hydrogens is 238 g/mol. The van der Waals surface area contributed by atoms with Gasteiger partial charge in [-0.15, -0.1) is 0 Å². The zero-order valence-corrected chi connectivity index (χ0v) is 13.0. The second-order valence-electron chi connectivity index (χ2n) is 6.08. The average molecular weight is 265 g/mol. The zero-order valence-electron chi connectivity index (χ0n) is 13.0. The smallest absolute Gasteiger partial charge is 0.133 e. The molecule has 0 aliphatic carbocycles. The third-order valence-electron chi connectivity index (χ3n) is 2.77. The van der Waals surface area contributed by atoms with E-state index in [-0.39, 0.29) is 5.54 Å². The third-order valence-corrected chi connectivity index (χ3v) is 2.77. The Balaban J connectivity index is 2.77. The molecule has 0 atom stereocenters. The first-order chi connectivity index (χ1) is 8.84. The molecule has 5 nitrogen and oxygen atoms in total. The van der Waals surface area contributed by atoms with Gasteiger partial charge in [-0.2, -0.15) is 0 Å². The second kappa shape index (κ2) is 6.70. The van der Waals surface area contributed by atoms with Crippen LogP contribution in [0.15, 0.2) is 12.4 Å². The summed E-state index contributed by atoms with van der Waals surface area (Å²) in [4.78, 5) is 10.8. The molecule has 0 aliphatic rings. The van der Waals surface area contributed by atoms with Crippen LogP contribution in [0.1, 0.15) is 27.7 Å². The summed E-state index contributed by atoms with van der Waals surface area (Å²) in [5.74, 6) is 2.42. The van der Waals surface area contributed by atoms with E-state index in [9.17, 15) is 0 Å². The quantitative estimate of drug-likeness (QED) is 0.789. The number of aromatic nitrogens is 2. The lowest BCUT2D eigenvalue weighted by Crippen LogP contribution is -2.41. The molecule has 0 amide bonds. The second-order valence-corrected chi connectivity index (χ2v) is 6.08. The molecule has 1 aromatic rings. The number of hydrogen-bond acceptors (Lipinski definition) is 5. The first-order valence-corrected chi connectivity index (χ1v) is 6.80. The highest BCUT2D eigenvalue weighted by atomic mass is 15.2. The minimum Gasteiger partial charge on any atom is -0.364 e. The molecule has 19 heavy (non-hydrogen) atoms. The van der Waals surface area contributed by atoms with Gasteiger partial charge in [-0.3, -0.25) is 0 Å². The molecule has 0 radical (unpaired) electrons. The minimum atomic E-state index is -0.0447. The Bertz CT molecular complexity index is 389. The van der Waals surface area contributed by atoms with Crippen molar-refractivity contribution in [3.8, 4) is 0 Å². The van der Waals surface area contributed by atoms with E-state index in [4.69, 9.17) is 0 Å². The van der Waals surface area contributed by atoms with Crippen molar-refractivity contribution in [3.63, 3.8) is 0 Å². The molecule has 1 aromatic heterocycles. The summed E-state index contributed by atoms with van der Waals surface area (Å²) in [5.41, 5.74) is -0.0447. The van der Waals surface area contributed by atoms with Crippen LogP contribution in [0, 0.1) is 5.92 Å². The molecule has 1 rings (SSSR count). The molecule has 0 saturated carbocycles. The van der Waals surface area contributed by atoms with Gasteiger partial charge in [0.1, 0.15) is 18.0 Å². The summed E-state index contributed by atoms with van der Waals surface area (Å²) in [5, 5.41) is 6.60. The van der Waals surface area contributed by atoms with Crippen molar-refractivity contribution in [2.45, 2.75) is 33.2 Å². The number of likely N-dealkylation sites (N-methyl/N-ethyl adjacent to an activating group) is 1. The van der Waals surface area contributed by atoms with Gasteiger partial charge in [-0.25, -0.2) is 9.97 Å². The topological polar surface area (TPSA) is 53.1 Å². The minimum absolute atomic E-state index is 0.0447. The first-order valence-electron chi connectivity index (χ1n) is 6.80. The zero-order chi connectivity index (χ0) is 14.5. The van der Waals surface area contributed by atoms with Crippen molar-refractivity contribution in [2.75, 3.05) is 37.4 Å². The molecule has 5 heteroatoms. The highest BCUT2D eigenvalue weighted by molar-refractivity contribution is 5.49. The summed E-state index contributed by atoms with van der Waals surface area (Å²) in [6.07, 6.45) is 1.62. The van der Waals surface area contributed by atoms with Crippen molar-refractivity contribution in [1.82, 2.24) is 15.3 Å². The fourth-order valence-corrected chi connectivity index (χ4v) is 2.10. The first kappa shape index (κ1) is 15.7. The molecule has 1 heterocycles. The van der Waals surface area contributed by atoms with Gasteiger partial charge in [-0.1, -0.05) is 13.8 Å². The van der Waals surface area contributed by atoms with Crippen LogP contribution in [-0.2, 0) is 0 Å². The Morgan fingerprint density at radius 2 is 2.00 bits per heavy atom. The maximum Gasteiger partial charge on any atom is 0.133 e. The standard InChI is InChI=1S/C14H27N5/c1-11(2)8-19(6)13-7-12(16-10-17-13)18-14(3,4)9-15-5/h7,10-11,15H,8-9H2,1-6H3,(H,16,17,18). The summed E-state index contributed by atoms with van der Waals surface area (Å²) in [7, 11) is 4.01. The van der Waals surface area contributed by atoms with Crippen LogP contribution in [-0.4, -0.2) is 42.7 Å². The van der Waals surface area contributed by atoms with Crippen molar-refractivity contribution in [2.24, 2.45) is 5.92 Å². The van der Waals surface area contributed by atoms with E-state index in [0.29, 0.717) is 5.92 Å². The van der Waals surface area contributed by atoms with Crippen molar-refractivity contribution >= 4 is 11.6 Å². The van der Waals surface area contributed by atoms with Crippen molar-refractivity contribution in [1.29, 1.82) is 0 Å². The fourth-order valence-electron chi connectivity index (χ4n) is 2.10. The molecule has 0 spiro atoms. The molecule has 108 valence electrons. The predicted octanol–water partition coefficient (Wildman–Crippen LogP) is 1.98. The van der Waals surface area contributed by atoms with Gasteiger partial charge in [-0.05, 0) is 26.8 Å². The number of nitrogens with one attached hydrogen (secondary N) is 2. The number of nitrogens with zero attached hydrogens (tertiary/aromatic N) is 3. The van der Waals surface area contributed by atoms with Crippen LogP contribution in [0.25, 0.3) is 0 Å². The van der Waals surface area contributed by atoms with Gasteiger partial charge in [0.2, 0.25) is 0 Å². The van der Waals surface area contributed by atoms with Crippen LogP contribution >= 0.6 is 0 Å². The Morgan fingerprint density at radius 3 is 2.58 bits per heavy atom. The molecular formula is C14H27N5. The van der Waals surface area contributed by atoms with Crippen molar-refractivity contribution < 1.29 is 0 Å².